The number of anilines is 1. The molecule has 170 valence electrons. The summed E-state index contributed by atoms with van der Waals surface area (Å²) in [4.78, 5) is 35.6. The standard InChI is InChI=1S/C23H20ClFN4O4/c1-13-19(21(24)29(28-13)18-9-5-16(25)6-10-18)11-12-20(30)33-14(2)23(32)27-17-7-3-15(4-8-17)22(26)31/h3-12,14H,1-2H3,(H2,26,31)(H,27,32)/b12-11+. The Kier molecular flexibility index (Phi) is 7.24. The first-order chi connectivity index (χ1) is 15.7. The third kappa shape index (κ3) is 5.83. The van der Waals surface area contributed by atoms with Crippen LogP contribution in [-0.4, -0.2) is 33.7 Å². The average molecular weight is 471 g/mol. The zero-order valence-electron chi connectivity index (χ0n) is 17.7. The van der Waals surface area contributed by atoms with Gasteiger partial charge in [-0.25, -0.2) is 13.9 Å². The molecule has 10 heteroatoms. The number of aromatic nitrogens is 2. The fourth-order valence-corrected chi connectivity index (χ4v) is 3.17. The Balaban J connectivity index is 1.63. The van der Waals surface area contributed by atoms with E-state index in [-0.39, 0.29) is 11.0 Å². The average Bonchev–Trinajstić information content (AvgIpc) is 3.06. The van der Waals surface area contributed by atoms with Crippen molar-refractivity contribution in [2.45, 2.75) is 20.0 Å². The van der Waals surface area contributed by atoms with Crippen molar-refractivity contribution in [3.63, 3.8) is 0 Å². The van der Waals surface area contributed by atoms with Crippen LogP contribution in [0.5, 0.6) is 0 Å². The molecule has 2 amide bonds. The molecule has 0 aliphatic carbocycles. The van der Waals surface area contributed by atoms with Crippen molar-refractivity contribution in [2.75, 3.05) is 5.32 Å². The quantitative estimate of drug-likeness (QED) is 0.404. The molecule has 0 radical (unpaired) electrons. The van der Waals surface area contributed by atoms with Crippen molar-refractivity contribution in [2.24, 2.45) is 5.73 Å². The summed E-state index contributed by atoms with van der Waals surface area (Å²) in [6, 6.07) is 11.6. The number of aryl methyl sites for hydroxylation is 1. The Labute approximate surface area is 193 Å². The first-order valence-corrected chi connectivity index (χ1v) is 10.1. The van der Waals surface area contributed by atoms with Gasteiger partial charge in [-0.1, -0.05) is 11.6 Å². The zero-order chi connectivity index (χ0) is 24.1. The third-order valence-corrected chi connectivity index (χ3v) is 4.97. The normalized spacial score (nSPS) is 11.9. The third-order valence-electron chi connectivity index (χ3n) is 4.60. The molecular formula is C23H20ClFN4O4. The van der Waals surface area contributed by atoms with Crippen LogP contribution in [0.1, 0.15) is 28.5 Å². The fourth-order valence-electron chi connectivity index (χ4n) is 2.83. The largest absolute Gasteiger partial charge is 0.449 e. The van der Waals surface area contributed by atoms with Gasteiger partial charge < -0.3 is 15.8 Å². The van der Waals surface area contributed by atoms with Gasteiger partial charge >= 0.3 is 5.97 Å². The van der Waals surface area contributed by atoms with Crippen LogP contribution in [-0.2, 0) is 14.3 Å². The molecule has 0 aliphatic rings. The van der Waals surface area contributed by atoms with E-state index in [4.69, 9.17) is 22.1 Å². The molecule has 3 N–H and O–H groups in total. The van der Waals surface area contributed by atoms with Crippen LogP contribution in [0.2, 0.25) is 5.15 Å². The summed E-state index contributed by atoms with van der Waals surface area (Å²) in [6.07, 6.45) is 1.48. The maximum Gasteiger partial charge on any atom is 0.331 e. The van der Waals surface area contributed by atoms with Gasteiger partial charge in [0.1, 0.15) is 11.0 Å². The highest BCUT2D eigenvalue weighted by Crippen LogP contribution is 2.25. The van der Waals surface area contributed by atoms with Gasteiger partial charge in [0.25, 0.3) is 5.91 Å². The van der Waals surface area contributed by atoms with Crippen molar-refractivity contribution in [3.05, 3.63) is 82.4 Å². The number of rotatable bonds is 7. The molecule has 1 atom stereocenters. The van der Waals surface area contributed by atoms with Crippen LogP contribution in [0.3, 0.4) is 0 Å². The molecule has 0 bridgehead atoms. The summed E-state index contributed by atoms with van der Waals surface area (Å²) in [7, 11) is 0. The minimum Gasteiger partial charge on any atom is -0.449 e. The van der Waals surface area contributed by atoms with Crippen molar-refractivity contribution in [1.82, 2.24) is 9.78 Å². The van der Waals surface area contributed by atoms with Gasteiger partial charge in [0.15, 0.2) is 6.10 Å². The van der Waals surface area contributed by atoms with E-state index in [2.05, 4.69) is 10.4 Å². The summed E-state index contributed by atoms with van der Waals surface area (Å²) >= 11 is 6.37. The lowest BCUT2D eigenvalue weighted by Crippen LogP contribution is -2.29. The number of primary amides is 1. The van der Waals surface area contributed by atoms with Crippen LogP contribution < -0.4 is 11.1 Å². The number of ether oxygens (including phenoxy) is 1. The predicted octanol–water partition coefficient (Wildman–Crippen LogP) is 3.66. The Morgan fingerprint density at radius 1 is 1.15 bits per heavy atom. The summed E-state index contributed by atoms with van der Waals surface area (Å²) in [6.45, 7) is 3.13. The van der Waals surface area contributed by atoms with Gasteiger partial charge in [-0.2, -0.15) is 5.10 Å². The Bertz CT molecular complexity index is 1220. The lowest BCUT2D eigenvalue weighted by molar-refractivity contribution is -0.148. The molecule has 0 spiro atoms. The van der Waals surface area contributed by atoms with Gasteiger partial charge in [-0.3, -0.25) is 9.59 Å². The smallest absolute Gasteiger partial charge is 0.331 e. The Morgan fingerprint density at radius 2 is 1.79 bits per heavy atom. The number of carbonyl (C=O) groups is 3. The van der Waals surface area contributed by atoms with Gasteiger partial charge in [0.05, 0.1) is 11.4 Å². The number of nitrogens with two attached hydrogens (primary N) is 1. The molecule has 1 heterocycles. The molecule has 3 rings (SSSR count). The van der Waals surface area contributed by atoms with Crippen molar-refractivity contribution in [3.8, 4) is 5.69 Å². The maximum absolute atomic E-state index is 13.2. The zero-order valence-corrected chi connectivity index (χ0v) is 18.5. The Morgan fingerprint density at radius 3 is 2.39 bits per heavy atom. The summed E-state index contributed by atoms with van der Waals surface area (Å²) < 4.78 is 19.7. The molecule has 0 aliphatic heterocycles. The first-order valence-electron chi connectivity index (χ1n) is 9.76. The first kappa shape index (κ1) is 23.7. The van der Waals surface area contributed by atoms with Crippen LogP contribution in [0.4, 0.5) is 10.1 Å². The number of benzene rings is 2. The number of hydrogen-bond acceptors (Lipinski definition) is 5. The fraction of sp³-hybridized carbons (Fsp3) is 0.130. The van der Waals surface area contributed by atoms with Gasteiger partial charge in [0.2, 0.25) is 5.91 Å². The highest BCUT2D eigenvalue weighted by Gasteiger charge is 2.18. The summed E-state index contributed by atoms with van der Waals surface area (Å²) in [5.41, 5.74) is 7.47. The van der Waals surface area contributed by atoms with Crippen LogP contribution >= 0.6 is 11.6 Å². The molecule has 1 unspecified atom stereocenters. The number of nitrogens with one attached hydrogen (secondary N) is 1. The second-order valence-corrected chi connectivity index (χ2v) is 7.38. The topological polar surface area (TPSA) is 116 Å². The van der Waals surface area contributed by atoms with E-state index < -0.39 is 23.9 Å². The molecule has 1 aromatic heterocycles. The van der Waals surface area contributed by atoms with Crippen LogP contribution in [0.15, 0.2) is 54.6 Å². The minimum atomic E-state index is -1.09. The second-order valence-electron chi connectivity index (χ2n) is 7.02. The molecule has 3 aromatic rings. The van der Waals surface area contributed by atoms with Crippen molar-refractivity contribution in [1.29, 1.82) is 0 Å². The number of esters is 1. The predicted molar refractivity (Wildman–Crippen MR) is 121 cm³/mol. The van der Waals surface area contributed by atoms with Gasteiger partial charge in [0, 0.05) is 22.9 Å². The summed E-state index contributed by atoms with van der Waals surface area (Å²) in [5.74, 6) is -2.28. The van der Waals surface area contributed by atoms with E-state index in [1.807, 2.05) is 0 Å². The van der Waals surface area contributed by atoms with Crippen LogP contribution in [0, 0.1) is 12.7 Å². The van der Waals surface area contributed by atoms with E-state index in [1.165, 1.54) is 66.2 Å². The van der Waals surface area contributed by atoms with Gasteiger partial charge in [-0.15, -0.1) is 0 Å². The lowest BCUT2D eigenvalue weighted by Gasteiger charge is -2.12. The SMILES string of the molecule is Cc1nn(-c2ccc(F)cc2)c(Cl)c1/C=C/C(=O)OC(C)C(=O)Nc1ccc(C(N)=O)cc1. The summed E-state index contributed by atoms with van der Waals surface area (Å²) in [5, 5.41) is 7.11. The number of halogens is 2. The molecular weight excluding hydrogens is 451 g/mol. The molecule has 33 heavy (non-hydrogen) atoms. The van der Waals surface area contributed by atoms with Crippen LogP contribution in [0.25, 0.3) is 11.8 Å². The number of nitrogens with zero attached hydrogens (tertiary/aromatic N) is 2. The number of carbonyl (C=O) groups excluding carboxylic acids is 3. The van der Waals surface area contributed by atoms with Crippen molar-refractivity contribution >= 4 is 41.1 Å². The van der Waals surface area contributed by atoms with E-state index in [9.17, 15) is 18.8 Å². The molecule has 0 saturated carbocycles. The highest BCUT2D eigenvalue weighted by atomic mass is 35.5. The maximum atomic E-state index is 13.2. The molecule has 0 saturated heterocycles. The number of hydrogen-bond donors (Lipinski definition) is 2. The Hall–Kier alpha value is -3.98. The molecule has 2 aromatic carbocycles. The molecule has 0 fully saturated rings. The monoisotopic (exact) mass is 470 g/mol. The van der Waals surface area contributed by atoms with E-state index in [1.54, 1.807) is 6.92 Å². The second kappa shape index (κ2) is 10.1. The van der Waals surface area contributed by atoms with E-state index in [0.29, 0.717) is 28.2 Å². The molecule has 8 nitrogen and oxygen atoms in total. The van der Waals surface area contributed by atoms with Gasteiger partial charge in [-0.05, 0) is 68.5 Å². The van der Waals surface area contributed by atoms with E-state index >= 15 is 0 Å². The lowest BCUT2D eigenvalue weighted by atomic mass is 10.2. The number of amides is 2. The van der Waals surface area contributed by atoms with E-state index in [0.717, 1.165) is 6.08 Å². The van der Waals surface area contributed by atoms with Crippen molar-refractivity contribution < 1.29 is 23.5 Å². The highest BCUT2D eigenvalue weighted by molar-refractivity contribution is 6.31. The minimum absolute atomic E-state index is 0.230.